The minimum atomic E-state index is -3.95. The monoisotopic (exact) mass is 433 g/mol. The van der Waals surface area contributed by atoms with E-state index in [1.165, 1.54) is 36.2 Å². The van der Waals surface area contributed by atoms with Crippen molar-refractivity contribution in [3.8, 4) is 0 Å². The number of carbonyl (C=O) groups is 1. The normalized spacial score (nSPS) is 12.6. The van der Waals surface area contributed by atoms with E-state index >= 15 is 0 Å². The molecule has 2 aromatic rings. The highest BCUT2D eigenvalue weighted by Gasteiger charge is 2.26. The van der Waals surface area contributed by atoms with Crippen LogP contribution in [-0.4, -0.2) is 37.4 Å². The number of nitrogens with zero attached hydrogens (tertiary/aromatic N) is 1. The number of sulfonamides is 1. The highest BCUT2D eigenvalue weighted by Crippen LogP contribution is 2.25. The molecule has 1 aromatic heterocycles. The Balaban J connectivity index is 2.20. The van der Waals surface area contributed by atoms with Crippen molar-refractivity contribution in [2.24, 2.45) is 0 Å². The fraction of sp³-hybridized carbons (Fsp3) is 0.250. The molecule has 1 amide bonds. The second-order valence-corrected chi connectivity index (χ2v) is 8.78. The lowest BCUT2D eigenvalue weighted by atomic mass is 10.2. The number of anilines is 1. The van der Waals surface area contributed by atoms with Crippen LogP contribution < -0.4 is 10.0 Å². The molecule has 0 saturated heterocycles. The first-order valence-corrected chi connectivity index (χ1v) is 11.1. The minimum absolute atomic E-state index is 0.0600. The van der Waals surface area contributed by atoms with Crippen LogP contribution in [0.4, 0.5) is 5.69 Å². The number of hydrogen-bond acceptors (Lipinski definition) is 5. The van der Waals surface area contributed by atoms with Crippen molar-refractivity contribution in [1.29, 1.82) is 0 Å². The van der Waals surface area contributed by atoms with E-state index < -0.39 is 22.0 Å². The highest BCUT2D eigenvalue weighted by atomic mass is 35.5. The Kier molecular flexibility index (Phi) is 7.72. The molecule has 0 bridgehead atoms. The Morgan fingerprint density at radius 1 is 1.27 bits per heavy atom. The van der Waals surface area contributed by atoms with E-state index in [1.807, 2.05) is 6.26 Å². The number of hydrogen-bond donors (Lipinski definition) is 2. The third kappa shape index (κ3) is 5.85. The van der Waals surface area contributed by atoms with E-state index in [0.717, 1.165) is 0 Å². The van der Waals surface area contributed by atoms with Gasteiger partial charge in [-0.2, -0.15) is 16.5 Å². The fourth-order valence-corrected chi connectivity index (χ4v) is 4.13. The van der Waals surface area contributed by atoms with Crippen LogP contribution in [0.2, 0.25) is 10.0 Å². The Labute approximate surface area is 166 Å². The number of aromatic nitrogens is 1. The number of benzene rings is 1. The zero-order valence-corrected chi connectivity index (χ0v) is 16.9. The number of halogens is 2. The van der Waals surface area contributed by atoms with Gasteiger partial charge >= 0.3 is 0 Å². The maximum absolute atomic E-state index is 12.6. The van der Waals surface area contributed by atoms with Gasteiger partial charge in [0, 0.05) is 6.20 Å². The number of pyridine rings is 1. The molecular weight excluding hydrogens is 417 g/mol. The van der Waals surface area contributed by atoms with Crippen LogP contribution in [-0.2, 0) is 14.8 Å². The molecule has 1 heterocycles. The van der Waals surface area contributed by atoms with Gasteiger partial charge in [0.25, 0.3) is 0 Å². The molecule has 140 valence electrons. The number of amides is 1. The van der Waals surface area contributed by atoms with E-state index in [2.05, 4.69) is 15.0 Å². The molecule has 2 rings (SSSR count). The van der Waals surface area contributed by atoms with E-state index in [0.29, 0.717) is 17.9 Å². The molecule has 0 saturated carbocycles. The molecule has 0 radical (unpaired) electrons. The van der Waals surface area contributed by atoms with Gasteiger partial charge in [0.1, 0.15) is 6.04 Å². The van der Waals surface area contributed by atoms with Crippen LogP contribution in [0.1, 0.15) is 6.42 Å². The predicted octanol–water partition coefficient (Wildman–Crippen LogP) is 3.43. The van der Waals surface area contributed by atoms with Crippen LogP contribution >= 0.6 is 35.0 Å². The van der Waals surface area contributed by atoms with Crippen LogP contribution in [0.3, 0.4) is 0 Å². The predicted molar refractivity (Wildman–Crippen MR) is 106 cm³/mol. The first-order valence-electron chi connectivity index (χ1n) is 7.50. The quantitative estimate of drug-likeness (QED) is 0.665. The molecule has 0 aliphatic carbocycles. The van der Waals surface area contributed by atoms with Crippen LogP contribution in [0.5, 0.6) is 0 Å². The van der Waals surface area contributed by atoms with Gasteiger partial charge in [0.15, 0.2) is 0 Å². The van der Waals surface area contributed by atoms with Gasteiger partial charge in [-0.15, -0.1) is 0 Å². The molecule has 0 fully saturated rings. The van der Waals surface area contributed by atoms with E-state index in [1.54, 1.807) is 18.3 Å². The highest BCUT2D eigenvalue weighted by molar-refractivity contribution is 7.98. The molecule has 6 nitrogen and oxygen atoms in total. The van der Waals surface area contributed by atoms with E-state index in [-0.39, 0.29) is 14.9 Å². The summed E-state index contributed by atoms with van der Waals surface area (Å²) in [4.78, 5) is 16.4. The maximum atomic E-state index is 12.6. The number of thioether (sulfide) groups is 1. The van der Waals surface area contributed by atoms with Gasteiger partial charge in [-0.1, -0.05) is 23.2 Å². The lowest BCUT2D eigenvalue weighted by molar-refractivity contribution is -0.117. The van der Waals surface area contributed by atoms with Crippen molar-refractivity contribution in [3.63, 3.8) is 0 Å². The average Bonchev–Trinajstić information content (AvgIpc) is 2.61. The summed E-state index contributed by atoms with van der Waals surface area (Å²) in [6.45, 7) is 0. The lowest BCUT2D eigenvalue weighted by Crippen LogP contribution is -2.44. The standard InChI is InChI=1S/C16H17Cl2N3O3S2/c1-25-8-6-15(16(22)20-11-3-2-7-19-10-11)21-26(23,24)12-4-5-13(17)14(18)9-12/h2-5,7,9-10,15,21H,6,8H2,1H3,(H,20,22)/t15-/m0/s1. The SMILES string of the molecule is CSCC[C@H](NS(=O)(=O)c1ccc(Cl)c(Cl)c1)C(=O)Nc1cccnc1. The van der Waals surface area contributed by atoms with Crippen molar-refractivity contribution in [2.75, 3.05) is 17.3 Å². The summed E-state index contributed by atoms with van der Waals surface area (Å²) in [7, 11) is -3.95. The van der Waals surface area contributed by atoms with Crippen molar-refractivity contribution in [2.45, 2.75) is 17.4 Å². The summed E-state index contributed by atoms with van der Waals surface area (Å²) in [5.74, 6) is 0.144. The molecule has 0 spiro atoms. The summed E-state index contributed by atoms with van der Waals surface area (Å²) in [6.07, 6.45) is 5.27. The lowest BCUT2D eigenvalue weighted by Gasteiger charge is -2.18. The number of rotatable bonds is 8. The summed E-state index contributed by atoms with van der Waals surface area (Å²) < 4.78 is 27.7. The van der Waals surface area contributed by atoms with Crippen molar-refractivity contribution in [3.05, 3.63) is 52.8 Å². The van der Waals surface area contributed by atoms with Gasteiger partial charge in [0.05, 0.1) is 26.8 Å². The Bertz CT molecular complexity index is 864. The van der Waals surface area contributed by atoms with Crippen LogP contribution in [0.15, 0.2) is 47.6 Å². The Morgan fingerprint density at radius 2 is 2.04 bits per heavy atom. The summed E-state index contributed by atoms with van der Waals surface area (Å²) in [5, 5.41) is 3.03. The molecule has 10 heteroatoms. The van der Waals surface area contributed by atoms with Crippen molar-refractivity contribution in [1.82, 2.24) is 9.71 Å². The molecule has 26 heavy (non-hydrogen) atoms. The molecule has 2 N–H and O–H groups in total. The molecule has 0 aliphatic rings. The number of carbonyl (C=O) groups excluding carboxylic acids is 1. The van der Waals surface area contributed by atoms with E-state index in [9.17, 15) is 13.2 Å². The van der Waals surface area contributed by atoms with Gasteiger partial charge in [-0.3, -0.25) is 9.78 Å². The molecule has 0 aliphatic heterocycles. The second-order valence-electron chi connectivity index (χ2n) is 5.26. The van der Waals surface area contributed by atoms with Crippen molar-refractivity contribution >= 4 is 56.6 Å². The zero-order valence-electron chi connectivity index (χ0n) is 13.8. The summed E-state index contributed by atoms with van der Waals surface area (Å²) >= 11 is 13.2. The van der Waals surface area contributed by atoms with Gasteiger partial charge in [-0.25, -0.2) is 8.42 Å². The van der Waals surface area contributed by atoms with Crippen LogP contribution in [0, 0.1) is 0 Å². The average molecular weight is 434 g/mol. The summed E-state index contributed by atoms with van der Waals surface area (Å²) in [6, 6.07) is 6.38. The first-order chi connectivity index (χ1) is 12.3. The minimum Gasteiger partial charge on any atom is -0.323 e. The topological polar surface area (TPSA) is 88.2 Å². The molecular formula is C16H17Cl2N3O3S2. The third-order valence-electron chi connectivity index (χ3n) is 3.35. The first kappa shape index (κ1) is 21.0. The van der Waals surface area contributed by atoms with Crippen molar-refractivity contribution < 1.29 is 13.2 Å². The maximum Gasteiger partial charge on any atom is 0.242 e. The molecule has 1 atom stereocenters. The van der Waals surface area contributed by atoms with Gasteiger partial charge in [-0.05, 0) is 48.8 Å². The smallest absolute Gasteiger partial charge is 0.242 e. The molecule has 0 unspecified atom stereocenters. The van der Waals surface area contributed by atoms with Gasteiger partial charge < -0.3 is 5.32 Å². The Morgan fingerprint density at radius 3 is 2.65 bits per heavy atom. The third-order valence-corrected chi connectivity index (χ3v) is 6.21. The number of nitrogens with one attached hydrogen (secondary N) is 2. The fourth-order valence-electron chi connectivity index (χ4n) is 2.04. The Hall–Kier alpha value is -1.32. The zero-order chi connectivity index (χ0) is 19.2. The summed E-state index contributed by atoms with van der Waals surface area (Å²) in [5.41, 5.74) is 0.486. The molecule has 1 aromatic carbocycles. The largest absolute Gasteiger partial charge is 0.323 e. The van der Waals surface area contributed by atoms with Crippen LogP contribution in [0.25, 0.3) is 0 Å². The second kappa shape index (κ2) is 9.57. The van der Waals surface area contributed by atoms with Gasteiger partial charge in [0.2, 0.25) is 15.9 Å². The van der Waals surface area contributed by atoms with E-state index in [4.69, 9.17) is 23.2 Å².